The molecule has 0 spiro atoms. The van der Waals surface area contributed by atoms with Gasteiger partial charge < -0.3 is 19.3 Å². The minimum Gasteiger partial charge on any atom is -0.486 e. The number of benzene rings is 1. The van der Waals surface area contributed by atoms with Crippen LogP contribution < -0.4 is 9.47 Å². The van der Waals surface area contributed by atoms with Gasteiger partial charge in [0, 0.05) is 17.5 Å². The maximum absolute atomic E-state index is 6.20. The van der Waals surface area contributed by atoms with E-state index in [-0.39, 0.29) is 0 Å². The third-order valence-electron chi connectivity index (χ3n) is 5.84. The summed E-state index contributed by atoms with van der Waals surface area (Å²) in [6.07, 6.45) is 4.87. The number of hydrogen-bond acceptors (Lipinski definition) is 5. The summed E-state index contributed by atoms with van der Waals surface area (Å²) in [5, 5.41) is 1.09. The zero-order chi connectivity index (χ0) is 17.9. The van der Waals surface area contributed by atoms with E-state index < -0.39 is 0 Å². The second kappa shape index (κ2) is 7.80. The van der Waals surface area contributed by atoms with Gasteiger partial charge in [-0.15, -0.1) is 0 Å². The molecule has 0 N–H and O–H groups in total. The van der Waals surface area contributed by atoms with E-state index in [1.54, 1.807) is 0 Å². The molecule has 0 bridgehead atoms. The van der Waals surface area contributed by atoms with E-state index in [9.17, 15) is 0 Å². The number of likely N-dealkylation sites (N-methyl/N-ethyl adjacent to an activating group) is 2. The first-order valence-electron chi connectivity index (χ1n) is 9.76. The lowest BCUT2D eigenvalue weighted by atomic mass is 10.2. The molecule has 1 aromatic heterocycles. The highest BCUT2D eigenvalue weighted by molar-refractivity contribution is 5.81. The van der Waals surface area contributed by atoms with Crippen molar-refractivity contribution in [2.45, 2.75) is 37.8 Å². The highest BCUT2D eigenvalue weighted by Crippen LogP contribution is 2.31. The third kappa shape index (κ3) is 3.79. The second-order valence-corrected chi connectivity index (χ2v) is 7.66. The van der Waals surface area contributed by atoms with E-state index in [2.05, 4.69) is 36.0 Å². The number of pyridine rings is 1. The van der Waals surface area contributed by atoms with E-state index in [0.717, 1.165) is 29.7 Å². The predicted molar refractivity (Wildman–Crippen MR) is 104 cm³/mol. The Bertz CT molecular complexity index is 689. The van der Waals surface area contributed by atoms with Crippen molar-refractivity contribution in [3.05, 3.63) is 30.3 Å². The number of aromatic nitrogens is 1. The lowest BCUT2D eigenvalue weighted by Gasteiger charge is -2.22. The van der Waals surface area contributed by atoms with Crippen LogP contribution in [0.25, 0.3) is 10.9 Å². The molecule has 4 rings (SSSR count). The fourth-order valence-corrected chi connectivity index (χ4v) is 4.03. The molecule has 1 aromatic carbocycles. The van der Waals surface area contributed by atoms with Crippen LogP contribution in [0.1, 0.15) is 25.7 Å². The van der Waals surface area contributed by atoms with Gasteiger partial charge >= 0.3 is 0 Å². The van der Waals surface area contributed by atoms with Crippen molar-refractivity contribution in [1.82, 2.24) is 14.8 Å². The van der Waals surface area contributed by atoms with Gasteiger partial charge in [0.1, 0.15) is 13.2 Å². The largest absolute Gasteiger partial charge is 0.486 e. The molecule has 3 heterocycles. The lowest BCUT2D eigenvalue weighted by molar-refractivity contribution is 0.170. The van der Waals surface area contributed by atoms with Gasteiger partial charge in [0.15, 0.2) is 5.75 Å². The molecular formula is C21H29N3O2. The first-order chi connectivity index (χ1) is 12.7. The van der Waals surface area contributed by atoms with Crippen LogP contribution in [0, 0.1) is 0 Å². The molecule has 26 heavy (non-hydrogen) atoms. The fourth-order valence-electron chi connectivity index (χ4n) is 4.03. The molecule has 5 nitrogen and oxygen atoms in total. The van der Waals surface area contributed by atoms with Crippen LogP contribution in [0.2, 0.25) is 0 Å². The summed E-state index contributed by atoms with van der Waals surface area (Å²) in [7, 11) is 4.34. The number of fused-ring (bicyclic) bond motifs is 1. The second-order valence-electron chi connectivity index (χ2n) is 7.66. The Morgan fingerprint density at radius 2 is 1.62 bits per heavy atom. The molecule has 5 heteroatoms. The molecule has 140 valence electrons. The van der Waals surface area contributed by atoms with Crippen molar-refractivity contribution in [3.63, 3.8) is 0 Å². The summed E-state index contributed by atoms with van der Waals surface area (Å²) in [6, 6.07) is 11.2. The molecule has 2 aromatic rings. The van der Waals surface area contributed by atoms with Gasteiger partial charge in [-0.1, -0.05) is 18.2 Å². The standard InChI is InChI=1S/C21H29N3O2/c1-23-11-5-8-17(23)14-25-20-13-16-7-3-4-10-19(16)22-21(20)26-15-18-9-6-12-24(18)2/h3-4,7,10,13,17-18H,5-6,8-9,11-12,14-15H2,1-2H3/t17-,18-/m0/s1. The molecule has 0 saturated carbocycles. The van der Waals surface area contributed by atoms with Gasteiger partial charge in [0.2, 0.25) is 0 Å². The lowest BCUT2D eigenvalue weighted by Crippen LogP contribution is -2.31. The Balaban J connectivity index is 1.52. The van der Waals surface area contributed by atoms with E-state index in [1.165, 1.54) is 25.7 Å². The van der Waals surface area contributed by atoms with Crippen LogP contribution in [0.5, 0.6) is 11.6 Å². The summed E-state index contributed by atoms with van der Waals surface area (Å²) in [5.41, 5.74) is 0.951. The number of nitrogens with zero attached hydrogens (tertiary/aromatic N) is 3. The first-order valence-corrected chi connectivity index (χ1v) is 9.76. The molecule has 2 aliphatic rings. The summed E-state index contributed by atoms with van der Waals surface area (Å²) >= 11 is 0. The highest BCUT2D eigenvalue weighted by atomic mass is 16.5. The Kier molecular flexibility index (Phi) is 5.27. The summed E-state index contributed by atoms with van der Waals surface area (Å²) < 4.78 is 12.3. The number of likely N-dealkylation sites (tertiary alicyclic amines) is 2. The zero-order valence-electron chi connectivity index (χ0n) is 15.9. The maximum atomic E-state index is 6.20. The molecule has 2 atom stereocenters. The molecule has 2 aliphatic heterocycles. The fraction of sp³-hybridized carbons (Fsp3) is 0.571. The zero-order valence-corrected chi connectivity index (χ0v) is 15.9. The molecule has 0 amide bonds. The Morgan fingerprint density at radius 1 is 0.962 bits per heavy atom. The third-order valence-corrected chi connectivity index (χ3v) is 5.84. The van der Waals surface area contributed by atoms with Crippen molar-refractivity contribution < 1.29 is 9.47 Å². The van der Waals surface area contributed by atoms with Crippen molar-refractivity contribution in [1.29, 1.82) is 0 Å². The summed E-state index contributed by atoms with van der Waals surface area (Å²) in [6.45, 7) is 3.66. The SMILES string of the molecule is CN1CCC[C@H]1COc1cc2ccccc2nc1OC[C@@H]1CCCN1C. The maximum Gasteiger partial charge on any atom is 0.257 e. The smallest absolute Gasteiger partial charge is 0.257 e. The van der Waals surface area contributed by atoms with Crippen molar-refractivity contribution in [2.24, 2.45) is 0 Å². The molecule has 2 saturated heterocycles. The van der Waals surface area contributed by atoms with Crippen molar-refractivity contribution in [3.8, 4) is 11.6 Å². The quantitative estimate of drug-likeness (QED) is 0.796. The number of hydrogen-bond donors (Lipinski definition) is 0. The minimum atomic E-state index is 0.470. The van der Waals surface area contributed by atoms with Crippen LogP contribution in [-0.2, 0) is 0 Å². The van der Waals surface area contributed by atoms with Crippen molar-refractivity contribution in [2.75, 3.05) is 40.4 Å². The molecule has 0 unspecified atom stereocenters. The highest BCUT2D eigenvalue weighted by Gasteiger charge is 2.24. The van der Waals surface area contributed by atoms with Gasteiger partial charge in [0.25, 0.3) is 5.88 Å². The minimum absolute atomic E-state index is 0.470. The van der Waals surface area contributed by atoms with Crippen LogP contribution in [-0.4, -0.2) is 67.3 Å². The van der Waals surface area contributed by atoms with Crippen LogP contribution in [0.4, 0.5) is 0 Å². The predicted octanol–water partition coefficient (Wildman–Crippen LogP) is 3.18. The van der Waals surface area contributed by atoms with Gasteiger partial charge in [-0.2, -0.15) is 0 Å². The van der Waals surface area contributed by atoms with Gasteiger partial charge in [0.05, 0.1) is 5.52 Å². The van der Waals surface area contributed by atoms with E-state index in [1.807, 2.05) is 18.2 Å². The molecule has 0 aliphatic carbocycles. The van der Waals surface area contributed by atoms with Crippen LogP contribution in [0.15, 0.2) is 30.3 Å². The van der Waals surface area contributed by atoms with E-state index in [0.29, 0.717) is 31.2 Å². The average molecular weight is 355 g/mol. The monoisotopic (exact) mass is 355 g/mol. The van der Waals surface area contributed by atoms with E-state index in [4.69, 9.17) is 14.5 Å². The molecule has 0 radical (unpaired) electrons. The average Bonchev–Trinajstić information content (AvgIpc) is 3.25. The Morgan fingerprint density at radius 3 is 2.27 bits per heavy atom. The molecule has 2 fully saturated rings. The first kappa shape index (κ1) is 17.6. The van der Waals surface area contributed by atoms with Crippen LogP contribution >= 0.6 is 0 Å². The number of para-hydroxylation sites is 1. The van der Waals surface area contributed by atoms with Gasteiger partial charge in [-0.05, 0) is 65.0 Å². The summed E-state index contributed by atoms with van der Waals surface area (Å²) in [5.74, 6) is 1.40. The Hall–Kier alpha value is -1.85. The van der Waals surface area contributed by atoms with Gasteiger partial charge in [-0.25, -0.2) is 4.98 Å². The van der Waals surface area contributed by atoms with Crippen molar-refractivity contribution >= 4 is 10.9 Å². The summed E-state index contributed by atoms with van der Waals surface area (Å²) in [4.78, 5) is 9.49. The Labute approximate surface area is 155 Å². The number of ether oxygens (including phenoxy) is 2. The van der Waals surface area contributed by atoms with Gasteiger partial charge in [-0.3, -0.25) is 0 Å². The van der Waals surface area contributed by atoms with Crippen LogP contribution in [0.3, 0.4) is 0 Å². The molecular weight excluding hydrogens is 326 g/mol. The number of rotatable bonds is 6. The topological polar surface area (TPSA) is 37.8 Å². The normalized spacial score (nSPS) is 24.4. The van der Waals surface area contributed by atoms with E-state index >= 15 is 0 Å².